The molecule has 9 heteroatoms. The molecule has 0 aliphatic rings. The molecule has 1 heterocycles. The molecule has 1 amide bonds. The molecule has 0 fully saturated rings. The first-order valence-corrected chi connectivity index (χ1v) is 6.10. The summed E-state index contributed by atoms with van der Waals surface area (Å²) < 4.78 is 45.4. The van der Waals surface area contributed by atoms with Gasteiger partial charge in [0, 0.05) is 0 Å². The van der Waals surface area contributed by atoms with Crippen molar-refractivity contribution in [2.24, 2.45) is 0 Å². The predicted molar refractivity (Wildman–Crippen MR) is 65.9 cm³/mol. The Hall–Kier alpha value is -2.16. The number of nitrogens with zero attached hydrogens (tertiary/aromatic N) is 2. The minimum atomic E-state index is -2.90. The van der Waals surface area contributed by atoms with Crippen molar-refractivity contribution in [1.82, 2.24) is 9.59 Å². The number of halogens is 3. The summed E-state index contributed by atoms with van der Waals surface area (Å²) in [7, 11) is 0. The van der Waals surface area contributed by atoms with E-state index in [1.807, 2.05) is 0 Å². The second kappa shape index (κ2) is 6.33. The summed E-state index contributed by atoms with van der Waals surface area (Å²) in [6.07, 6.45) is -2.90. The maximum absolute atomic E-state index is 12.6. The van der Waals surface area contributed by atoms with Crippen molar-refractivity contribution in [3.63, 3.8) is 0 Å². The van der Waals surface area contributed by atoms with Crippen molar-refractivity contribution in [2.45, 2.75) is 6.43 Å². The van der Waals surface area contributed by atoms with Crippen LogP contribution in [-0.4, -0.2) is 22.4 Å². The number of hydrogen-bond acceptors (Lipinski definition) is 5. The van der Waals surface area contributed by atoms with Gasteiger partial charge in [0.25, 0.3) is 12.3 Å². The predicted octanol–water partition coefficient (Wildman–Crippen LogP) is 3.03. The number of amides is 1. The van der Waals surface area contributed by atoms with E-state index in [-0.39, 0.29) is 16.3 Å². The van der Waals surface area contributed by atoms with Gasteiger partial charge in [-0.15, -0.1) is 5.10 Å². The molecule has 0 spiro atoms. The van der Waals surface area contributed by atoms with Gasteiger partial charge >= 0.3 is 0 Å². The molecule has 0 bridgehead atoms. The molecular formula is C11H8F3N3O2S. The van der Waals surface area contributed by atoms with E-state index in [2.05, 4.69) is 19.6 Å². The summed E-state index contributed by atoms with van der Waals surface area (Å²) in [6, 6.07) is 6.06. The minimum Gasteiger partial charge on any atom is -0.461 e. The fourth-order valence-electron chi connectivity index (χ4n) is 1.43. The summed E-state index contributed by atoms with van der Waals surface area (Å²) >= 11 is 0.556. The Morgan fingerprint density at radius 3 is 2.85 bits per heavy atom. The van der Waals surface area contributed by atoms with Crippen LogP contribution in [0, 0.1) is 0 Å². The molecule has 0 saturated carbocycles. The summed E-state index contributed by atoms with van der Waals surface area (Å²) in [5.41, 5.74) is -0.514. The van der Waals surface area contributed by atoms with E-state index >= 15 is 0 Å². The Morgan fingerprint density at radius 2 is 2.15 bits per heavy atom. The van der Waals surface area contributed by atoms with Crippen LogP contribution in [0.3, 0.4) is 0 Å². The van der Waals surface area contributed by atoms with Gasteiger partial charge in [0.05, 0.1) is 5.69 Å². The molecule has 0 unspecified atom stereocenters. The Labute approximate surface area is 115 Å². The minimum absolute atomic E-state index is 0.0967. The van der Waals surface area contributed by atoms with Gasteiger partial charge in [0.1, 0.15) is 10.6 Å². The number of para-hydroxylation sites is 2. The van der Waals surface area contributed by atoms with Crippen LogP contribution >= 0.6 is 11.5 Å². The standard InChI is InChI=1S/C11H8F3N3O2S/c12-5-19-7-4-2-1-3-6(7)15-11(18)9-8(10(13)14)16-17-20-9/h1-4,10H,5H2,(H,15,18). The molecule has 0 aliphatic carbocycles. The summed E-state index contributed by atoms with van der Waals surface area (Å²) in [6.45, 7) is -1.07. The van der Waals surface area contributed by atoms with Gasteiger partial charge in [-0.1, -0.05) is 16.6 Å². The number of ether oxygens (including phenoxy) is 1. The number of carbonyl (C=O) groups is 1. The number of aromatic nitrogens is 2. The maximum atomic E-state index is 12.6. The Balaban J connectivity index is 2.21. The van der Waals surface area contributed by atoms with E-state index in [9.17, 15) is 18.0 Å². The summed E-state index contributed by atoms with van der Waals surface area (Å²) in [5, 5.41) is 5.56. The molecule has 2 aromatic rings. The molecule has 0 atom stereocenters. The van der Waals surface area contributed by atoms with E-state index in [4.69, 9.17) is 0 Å². The van der Waals surface area contributed by atoms with Gasteiger partial charge in [-0.3, -0.25) is 4.79 Å². The monoisotopic (exact) mass is 303 g/mol. The highest BCUT2D eigenvalue weighted by molar-refractivity contribution is 7.08. The van der Waals surface area contributed by atoms with E-state index in [0.29, 0.717) is 11.5 Å². The van der Waals surface area contributed by atoms with Gasteiger partial charge in [0.15, 0.2) is 5.69 Å². The first-order chi connectivity index (χ1) is 9.63. The number of benzene rings is 1. The highest BCUT2D eigenvalue weighted by atomic mass is 32.1. The molecule has 2 rings (SSSR count). The van der Waals surface area contributed by atoms with E-state index in [0.717, 1.165) is 0 Å². The molecule has 0 aliphatic heterocycles. The number of nitrogens with one attached hydrogen (secondary N) is 1. The zero-order chi connectivity index (χ0) is 14.5. The number of rotatable bonds is 5. The number of carbonyl (C=O) groups excluding carboxylic acids is 1. The molecule has 1 N–H and O–H groups in total. The molecule has 0 radical (unpaired) electrons. The van der Waals surface area contributed by atoms with Crippen molar-refractivity contribution in [3.8, 4) is 5.75 Å². The second-order valence-corrected chi connectivity index (χ2v) is 4.25. The van der Waals surface area contributed by atoms with E-state index in [1.54, 1.807) is 12.1 Å². The van der Waals surface area contributed by atoms with Crippen molar-refractivity contribution in [3.05, 3.63) is 34.8 Å². The topological polar surface area (TPSA) is 64.1 Å². The molecule has 106 valence electrons. The van der Waals surface area contributed by atoms with Crippen LogP contribution in [-0.2, 0) is 0 Å². The fourth-order valence-corrected chi connectivity index (χ4v) is 2.00. The zero-order valence-corrected chi connectivity index (χ0v) is 10.7. The fraction of sp³-hybridized carbons (Fsp3) is 0.182. The maximum Gasteiger partial charge on any atom is 0.283 e. The average molecular weight is 303 g/mol. The first kappa shape index (κ1) is 14.3. The van der Waals surface area contributed by atoms with Gasteiger partial charge < -0.3 is 10.1 Å². The van der Waals surface area contributed by atoms with Crippen LogP contribution in [0.25, 0.3) is 0 Å². The first-order valence-electron chi connectivity index (χ1n) is 5.33. The molecular weight excluding hydrogens is 295 g/mol. The lowest BCUT2D eigenvalue weighted by Crippen LogP contribution is -2.13. The third kappa shape index (κ3) is 3.05. The molecule has 1 aromatic carbocycles. The van der Waals surface area contributed by atoms with Crippen LogP contribution in [0.4, 0.5) is 18.9 Å². The van der Waals surface area contributed by atoms with Gasteiger partial charge in [-0.25, -0.2) is 13.2 Å². The SMILES string of the molecule is O=C(Nc1ccccc1OCF)c1snnc1C(F)F. The largest absolute Gasteiger partial charge is 0.461 e. The molecule has 5 nitrogen and oxygen atoms in total. The average Bonchev–Trinajstić information content (AvgIpc) is 2.91. The zero-order valence-electron chi connectivity index (χ0n) is 9.85. The normalized spacial score (nSPS) is 10.6. The van der Waals surface area contributed by atoms with Crippen molar-refractivity contribution in [1.29, 1.82) is 0 Å². The van der Waals surface area contributed by atoms with Crippen LogP contribution in [0.1, 0.15) is 21.8 Å². The molecule has 0 saturated heterocycles. The lowest BCUT2D eigenvalue weighted by molar-refractivity contribution is 0.101. The van der Waals surface area contributed by atoms with E-state index < -0.39 is 24.9 Å². The van der Waals surface area contributed by atoms with Crippen LogP contribution < -0.4 is 10.1 Å². The van der Waals surface area contributed by atoms with Crippen molar-refractivity contribution < 1.29 is 22.7 Å². The third-order valence-electron chi connectivity index (χ3n) is 2.27. The van der Waals surface area contributed by atoms with Crippen LogP contribution in [0.15, 0.2) is 24.3 Å². The lowest BCUT2D eigenvalue weighted by Gasteiger charge is -2.09. The van der Waals surface area contributed by atoms with Crippen molar-refractivity contribution >= 4 is 23.1 Å². The number of alkyl halides is 3. The Bertz CT molecular complexity index is 606. The summed E-state index contributed by atoms with van der Waals surface area (Å²) in [5.74, 6) is -0.704. The van der Waals surface area contributed by atoms with Gasteiger partial charge in [-0.2, -0.15) is 0 Å². The van der Waals surface area contributed by atoms with Crippen LogP contribution in [0.5, 0.6) is 5.75 Å². The van der Waals surface area contributed by atoms with Crippen LogP contribution in [0.2, 0.25) is 0 Å². The highest BCUT2D eigenvalue weighted by Crippen LogP contribution is 2.27. The quantitative estimate of drug-likeness (QED) is 0.922. The third-order valence-corrected chi connectivity index (χ3v) is 3.01. The molecule has 1 aromatic heterocycles. The summed E-state index contributed by atoms with van der Waals surface area (Å²) in [4.78, 5) is 11.6. The second-order valence-electron chi connectivity index (χ2n) is 3.49. The molecule has 20 heavy (non-hydrogen) atoms. The lowest BCUT2D eigenvalue weighted by atomic mass is 10.2. The van der Waals surface area contributed by atoms with Crippen molar-refractivity contribution in [2.75, 3.05) is 12.2 Å². The number of anilines is 1. The highest BCUT2D eigenvalue weighted by Gasteiger charge is 2.23. The van der Waals surface area contributed by atoms with E-state index in [1.165, 1.54) is 12.1 Å². The Kier molecular flexibility index (Phi) is 4.51. The Morgan fingerprint density at radius 1 is 1.40 bits per heavy atom. The van der Waals surface area contributed by atoms with Gasteiger partial charge in [0.2, 0.25) is 6.86 Å². The number of hydrogen-bond donors (Lipinski definition) is 1. The smallest absolute Gasteiger partial charge is 0.283 e. The van der Waals surface area contributed by atoms with Gasteiger partial charge in [-0.05, 0) is 23.7 Å².